The molecule has 0 radical (unpaired) electrons. The molecule has 0 saturated carbocycles. The van der Waals surface area contributed by atoms with Gasteiger partial charge in [-0.05, 0) is 12.8 Å². The molecule has 0 rings (SSSR count). The van der Waals surface area contributed by atoms with E-state index in [9.17, 15) is 20.4 Å². The number of likely N-dealkylation sites (N-methyl/N-ethyl adjacent to an activating group) is 1. The number of aliphatic hydroxyl groups excluding tert-OH is 5. The van der Waals surface area contributed by atoms with Crippen LogP contribution in [0.5, 0.6) is 0 Å². The second-order valence-electron chi connectivity index (χ2n) is 10.4. The maximum absolute atomic E-state index is 10.2. The van der Waals surface area contributed by atoms with E-state index < -0.39 is 31.0 Å². The van der Waals surface area contributed by atoms with Crippen LogP contribution in [-0.2, 0) is 0 Å². The van der Waals surface area contributed by atoms with Gasteiger partial charge in [-0.2, -0.15) is 0 Å². The Hall–Kier alpha value is -0.240. The molecular weight excluding hydrogens is 406 g/mol. The van der Waals surface area contributed by atoms with Crippen LogP contribution in [0, 0.1) is 0 Å². The van der Waals surface area contributed by atoms with Crippen molar-refractivity contribution in [2.45, 2.75) is 134 Å². The highest BCUT2D eigenvalue weighted by molar-refractivity contribution is 4.80. The van der Waals surface area contributed by atoms with Gasteiger partial charge in [-0.3, -0.25) is 0 Å². The fourth-order valence-corrected chi connectivity index (χ4v) is 4.36. The minimum absolute atomic E-state index is 0.287. The van der Waals surface area contributed by atoms with Gasteiger partial charge in [-0.25, -0.2) is 0 Å². The molecule has 194 valence electrons. The first-order valence-corrected chi connectivity index (χ1v) is 13.4. The average molecular weight is 463 g/mol. The van der Waals surface area contributed by atoms with Gasteiger partial charge < -0.3 is 30.0 Å². The third-order valence-corrected chi connectivity index (χ3v) is 6.62. The van der Waals surface area contributed by atoms with Crippen molar-refractivity contribution in [2.75, 3.05) is 33.8 Å². The number of unbranched alkanes of at least 4 members (excludes halogenated alkanes) is 15. The zero-order valence-corrected chi connectivity index (χ0v) is 21.4. The topological polar surface area (TPSA) is 101 Å². The summed E-state index contributed by atoms with van der Waals surface area (Å²) in [5, 5.41) is 48.2. The van der Waals surface area contributed by atoms with Gasteiger partial charge in [0.25, 0.3) is 0 Å². The number of rotatable bonds is 23. The van der Waals surface area contributed by atoms with E-state index >= 15 is 0 Å². The molecule has 32 heavy (non-hydrogen) atoms. The average Bonchev–Trinajstić information content (AvgIpc) is 2.76. The van der Waals surface area contributed by atoms with E-state index in [-0.39, 0.29) is 6.54 Å². The van der Waals surface area contributed by atoms with Gasteiger partial charge >= 0.3 is 0 Å². The van der Waals surface area contributed by atoms with Gasteiger partial charge in [0.05, 0.1) is 27.2 Å². The lowest BCUT2D eigenvalue weighted by molar-refractivity contribution is -0.894. The predicted octanol–water partition coefficient (Wildman–Crippen LogP) is 3.76. The maximum atomic E-state index is 10.2. The smallest absolute Gasteiger partial charge is 0.131 e. The Morgan fingerprint density at radius 1 is 0.531 bits per heavy atom. The van der Waals surface area contributed by atoms with Crippen LogP contribution < -0.4 is 0 Å². The second kappa shape index (κ2) is 20.2. The van der Waals surface area contributed by atoms with Crippen molar-refractivity contribution in [3.8, 4) is 0 Å². The van der Waals surface area contributed by atoms with Gasteiger partial charge in [-0.1, -0.05) is 96.8 Å². The summed E-state index contributed by atoms with van der Waals surface area (Å²) in [7, 11) is 3.99. The Balaban J connectivity index is 3.61. The van der Waals surface area contributed by atoms with Crippen molar-refractivity contribution >= 4 is 0 Å². The first kappa shape index (κ1) is 31.8. The van der Waals surface area contributed by atoms with E-state index in [0.717, 1.165) is 13.0 Å². The Morgan fingerprint density at radius 2 is 0.875 bits per heavy atom. The lowest BCUT2D eigenvalue weighted by Gasteiger charge is -2.34. The molecule has 1 unspecified atom stereocenters. The van der Waals surface area contributed by atoms with Gasteiger partial charge in [0.2, 0.25) is 0 Å². The molecule has 0 aromatic rings. The maximum Gasteiger partial charge on any atom is 0.131 e. The molecule has 0 saturated heterocycles. The second-order valence-corrected chi connectivity index (χ2v) is 10.4. The molecule has 0 aliphatic rings. The van der Waals surface area contributed by atoms with Gasteiger partial charge in [0.1, 0.15) is 31.0 Å². The highest BCUT2D eigenvalue weighted by Crippen LogP contribution is 2.15. The number of aliphatic hydroxyl groups is 5. The molecule has 0 amide bonds. The van der Waals surface area contributed by atoms with E-state index in [1.54, 1.807) is 0 Å². The summed E-state index contributed by atoms with van der Waals surface area (Å²) >= 11 is 0. The van der Waals surface area contributed by atoms with E-state index in [0.29, 0.717) is 4.48 Å². The first-order valence-electron chi connectivity index (χ1n) is 13.4. The number of quaternary nitrogens is 1. The van der Waals surface area contributed by atoms with Crippen LogP contribution in [0.4, 0.5) is 0 Å². The summed E-state index contributed by atoms with van der Waals surface area (Å²) in [6, 6.07) is 0. The van der Waals surface area contributed by atoms with Crippen LogP contribution in [-0.4, -0.2) is 88.2 Å². The molecule has 4 atom stereocenters. The molecule has 0 aliphatic heterocycles. The molecule has 0 aromatic heterocycles. The van der Waals surface area contributed by atoms with Crippen molar-refractivity contribution in [1.82, 2.24) is 0 Å². The van der Waals surface area contributed by atoms with Crippen molar-refractivity contribution in [3.05, 3.63) is 0 Å². The Morgan fingerprint density at radius 3 is 1.25 bits per heavy atom. The molecule has 5 N–H and O–H groups in total. The zero-order chi connectivity index (χ0) is 24.2. The van der Waals surface area contributed by atoms with E-state index in [4.69, 9.17) is 5.11 Å². The van der Waals surface area contributed by atoms with Gasteiger partial charge in [0.15, 0.2) is 0 Å². The van der Waals surface area contributed by atoms with Crippen molar-refractivity contribution in [3.63, 3.8) is 0 Å². The summed E-state index contributed by atoms with van der Waals surface area (Å²) in [5.41, 5.74) is 0. The fourth-order valence-electron chi connectivity index (χ4n) is 4.36. The van der Waals surface area contributed by atoms with Crippen LogP contribution in [0.15, 0.2) is 0 Å². The fraction of sp³-hybridized carbons (Fsp3) is 1.00. The summed E-state index contributed by atoms with van der Waals surface area (Å²) in [5.74, 6) is 0. The Bertz CT molecular complexity index is 408. The highest BCUT2D eigenvalue weighted by Gasteiger charge is 2.33. The van der Waals surface area contributed by atoms with E-state index in [1.165, 1.54) is 96.3 Å². The largest absolute Gasteiger partial charge is 0.394 e. The summed E-state index contributed by atoms with van der Waals surface area (Å²) in [4.78, 5) is 0. The standard InChI is InChI=1S/C26H56NO5/c1-4-5-6-7-8-9-10-11-12-13-14-15-16-17-18-19-20-27(2,3)21-23(29)25(31)26(32)24(30)22-28/h23-26,28-32H,4-22H2,1-3H3/q+1/t23-,24+,25?,26+/m0/s1. The highest BCUT2D eigenvalue weighted by atomic mass is 16.4. The third kappa shape index (κ3) is 17.3. The van der Waals surface area contributed by atoms with Crippen molar-refractivity contribution in [1.29, 1.82) is 0 Å². The number of hydrogen-bond acceptors (Lipinski definition) is 5. The molecule has 0 spiro atoms. The first-order chi connectivity index (χ1) is 15.2. The van der Waals surface area contributed by atoms with Crippen molar-refractivity contribution in [2.24, 2.45) is 0 Å². The summed E-state index contributed by atoms with van der Waals surface area (Å²) in [6.07, 6.45) is 15.8. The van der Waals surface area contributed by atoms with Crippen LogP contribution in [0.25, 0.3) is 0 Å². The van der Waals surface area contributed by atoms with Gasteiger partial charge in [0, 0.05) is 0 Å². The Labute approximate surface area is 198 Å². The minimum Gasteiger partial charge on any atom is -0.394 e. The minimum atomic E-state index is -1.55. The van der Waals surface area contributed by atoms with Crippen LogP contribution >= 0.6 is 0 Å². The SMILES string of the molecule is CCCCCCCCCCCCCCCCCC[N+](C)(C)C[C@H](O)C(O)[C@H](O)[C@H](O)CO. The number of hydrogen-bond donors (Lipinski definition) is 5. The van der Waals surface area contributed by atoms with Gasteiger partial charge in [-0.15, -0.1) is 0 Å². The molecule has 0 aromatic carbocycles. The molecule has 0 aliphatic carbocycles. The van der Waals surface area contributed by atoms with E-state index in [2.05, 4.69) is 6.92 Å². The molecule has 0 fully saturated rings. The van der Waals surface area contributed by atoms with Crippen LogP contribution in [0.3, 0.4) is 0 Å². The predicted molar refractivity (Wildman–Crippen MR) is 133 cm³/mol. The third-order valence-electron chi connectivity index (χ3n) is 6.62. The lowest BCUT2D eigenvalue weighted by atomic mass is 10.0. The van der Waals surface area contributed by atoms with E-state index in [1.807, 2.05) is 14.1 Å². The molecule has 0 heterocycles. The quantitative estimate of drug-likeness (QED) is 0.118. The Kier molecular flexibility index (Phi) is 20.0. The van der Waals surface area contributed by atoms with Crippen molar-refractivity contribution < 1.29 is 30.0 Å². The zero-order valence-electron chi connectivity index (χ0n) is 21.4. The molecule has 6 nitrogen and oxygen atoms in total. The summed E-state index contributed by atoms with van der Waals surface area (Å²) < 4.78 is 0.540. The van der Waals surface area contributed by atoms with Crippen LogP contribution in [0.1, 0.15) is 110 Å². The summed E-state index contributed by atoms with van der Waals surface area (Å²) in [6.45, 7) is 2.80. The molecule has 0 bridgehead atoms. The molecule has 6 heteroatoms. The normalized spacial score (nSPS) is 16.1. The lowest BCUT2D eigenvalue weighted by Crippen LogP contribution is -2.54. The molecular formula is C26H56NO5+. The van der Waals surface area contributed by atoms with Crippen LogP contribution in [0.2, 0.25) is 0 Å². The number of nitrogens with zero attached hydrogens (tertiary/aromatic N) is 1. The monoisotopic (exact) mass is 462 g/mol.